The highest BCUT2D eigenvalue weighted by Gasteiger charge is 2.35. The van der Waals surface area contributed by atoms with Gasteiger partial charge in [0, 0.05) is 44.2 Å². The molecule has 1 saturated heterocycles. The number of piperazine rings is 1. The lowest BCUT2D eigenvalue weighted by atomic mass is 9.85. The first-order chi connectivity index (χ1) is 13.8. The van der Waals surface area contributed by atoms with E-state index in [1.54, 1.807) is 13.8 Å². The Hall–Kier alpha value is -1.45. The molecule has 2 heterocycles. The molecule has 3 fully saturated rings. The monoisotopic (exact) mass is 424 g/mol. The third kappa shape index (κ3) is 4.36. The summed E-state index contributed by atoms with van der Waals surface area (Å²) in [5.74, 6) is 0.579. The van der Waals surface area contributed by atoms with Crippen LogP contribution in [0.4, 0.5) is 0 Å². The van der Waals surface area contributed by atoms with Gasteiger partial charge in [0.15, 0.2) is 5.76 Å². The molecule has 1 aromatic heterocycles. The van der Waals surface area contributed by atoms with Crippen LogP contribution in [-0.4, -0.2) is 67.5 Å². The summed E-state index contributed by atoms with van der Waals surface area (Å²) in [5.41, 5.74) is 0.375. The van der Waals surface area contributed by atoms with Crippen molar-refractivity contribution in [3.05, 3.63) is 11.5 Å². The minimum absolute atomic E-state index is 0.0186. The molecule has 0 spiro atoms. The summed E-state index contributed by atoms with van der Waals surface area (Å²) in [6, 6.07) is 0.599. The molecule has 9 heteroatoms. The number of aromatic nitrogens is 1. The zero-order valence-corrected chi connectivity index (χ0v) is 18.2. The molecular weight excluding hydrogens is 392 g/mol. The summed E-state index contributed by atoms with van der Waals surface area (Å²) in [6.07, 6.45) is 6.78. The van der Waals surface area contributed by atoms with Gasteiger partial charge in [-0.05, 0) is 52.4 Å². The summed E-state index contributed by atoms with van der Waals surface area (Å²) in [6.45, 7) is 6.87. The largest absolute Gasteiger partial charge is 0.360 e. The Kier molecular flexibility index (Phi) is 5.99. The fourth-order valence-corrected chi connectivity index (χ4v) is 6.55. The second-order valence-electron chi connectivity index (χ2n) is 8.77. The molecule has 29 heavy (non-hydrogen) atoms. The molecule has 2 saturated carbocycles. The van der Waals surface area contributed by atoms with Gasteiger partial charge >= 0.3 is 0 Å². The molecule has 3 aliphatic rings. The zero-order chi connectivity index (χ0) is 20.6. The van der Waals surface area contributed by atoms with Crippen molar-refractivity contribution in [2.75, 3.05) is 26.2 Å². The van der Waals surface area contributed by atoms with E-state index >= 15 is 0 Å². The summed E-state index contributed by atoms with van der Waals surface area (Å²) in [4.78, 5) is 17.6. The van der Waals surface area contributed by atoms with Gasteiger partial charge in [-0.1, -0.05) is 11.6 Å². The number of nitrogens with zero attached hydrogens (tertiary/aromatic N) is 3. The van der Waals surface area contributed by atoms with E-state index in [9.17, 15) is 13.2 Å². The van der Waals surface area contributed by atoms with E-state index in [1.165, 1.54) is 19.3 Å². The Bertz CT molecular complexity index is 813. The Labute approximate surface area is 173 Å². The predicted molar refractivity (Wildman–Crippen MR) is 108 cm³/mol. The standard InChI is InChI=1S/C20H32N4O4S/c1-14-19(15(2)28-21-14)29(26,27)22-17-8-6-16(7-9-17)20(25)24-12-10-23(11-13-24)18-4-3-5-18/h16-18,22H,3-13H2,1-2H3. The average molecular weight is 425 g/mol. The molecule has 2 aliphatic carbocycles. The van der Waals surface area contributed by atoms with Gasteiger partial charge in [0.1, 0.15) is 10.6 Å². The highest BCUT2D eigenvalue weighted by Crippen LogP contribution is 2.30. The van der Waals surface area contributed by atoms with Crippen molar-refractivity contribution in [2.24, 2.45) is 5.92 Å². The van der Waals surface area contributed by atoms with Crippen LogP contribution in [0.1, 0.15) is 56.4 Å². The molecule has 4 rings (SSSR count). The van der Waals surface area contributed by atoms with Crippen LogP contribution in [0.2, 0.25) is 0 Å². The predicted octanol–water partition coefficient (Wildman–Crippen LogP) is 1.83. The molecule has 0 bridgehead atoms. The second-order valence-corrected chi connectivity index (χ2v) is 10.4. The van der Waals surface area contributed by atoms with Crippen LogP contribution in [0.15, 0.2) is 9.42 Å². The van der Waals surface area contributed by atoms with Crippen molar-refractivity contribution in [3.63, 3.8) is 0 Å². The number of hydrogen-bond donors (Lipinski definition) is 1. The molecule has 0 radical (unpaired) electrons. The number of carbonyl (C=O) groups excluding carboxylic acids is 1. The molecular formula is C20H32N4O4S. The second kappa shape index (κ2) is 8.35. The number of hydrogen-bond acceptors (Lipinski definition) is 6. The van der Waals surface area contributed by atoms with Gasteiger partial charge in [-0.2, -0.15) is 0 Å². The highest BCUT2D eigenvalue weighted by atomic mass is 32.2. The Morgan fingerprint density at radius 3 is 2.21 bits per heavy atom. The van der Waals surface area contributed by atoms with Gasteiger partial charge in [-0.3, -0.25) is 9.69 Å². The number of nitrogens with one attached hydrogen (secondary N) is 1. The van der Waals surface area contributed by atoms with Crippen LogP contribution < -0.4 is 4.72 Å². The van der Waals surface area contributed by atoms with Crippen molar-refractivity contribution in [2.45, 2.75) is 75.8 Å². The number of amides is 1. The van der Waals surface area contributed by atoms with Crippen molar-refractivity contribution < 1.29 is 17.7 Å². The molecule has 0 aromatic carbocycles. The first-order valence-corrected chi connectivity index (χ1v) is 12.3. The molecule has 8 nitrogen and oxygen atoms in total. The Balaban J connectivity index is 1.26. The van der Waals surface area contributed by atoms with Crippen molar-refractivity contribution in [1.82, 2.24) is 19.7 Å². The molecule has 1 N–H and O–H groups in total. The molecule has 0 unspecified atom stereocenters. The summed E-state index contributed by atoms with van der Waals surface area (Å²) >= 11 is 0. The van der Waals surface area contributed by atoms with E-state index in [2.05, 4.69) is 14.8 Å². The quantitative estimate of drug-likeness (QED) is 0.775. The van der Waals surface area contributed by atoms with Crippen LogP contribution in [0.25, 0.3) is 0 Å². The SMILES string of the molecule is Cc1noc(C)c1S(=O)(=O)NC1CCC(C(=O)N2CCN(C3CCC3)CC2)CC1. The normalized spacial score (nSPS) is 27.0. The third-order valence-electron chi connectivity index (χ3n) is 6.85. The highest BCUT2D eigenvalue weighted by molar-refractivity contribution is 7.89. The maximum atomic E-state index is 12.9. The molecule has 1 aromatic rings. The van der Waals surface area contributed by atoms with E-state index in [-0.39, 0.29) is 22.8 Å². The average Bonchev–Trinajstić information content (AvgIpc) is 3.00. The summed E-state index contributed by atoms with van der Waals surface area (Å²) < 4.78 is 33.2. The topological polar surface area (TPSA) is 95.8 Å². The minimum Gasteiger partial charge on any atom is -0.360 e. The number of sulfonamides is 1. The minimum atomic E-state index is -3.65. The van der Waals surface area contributed by atoms with Crippen LogP contribution in [0.3, 0.4) is 0 Å². The lowest BCUT2D eigenvalue weighted by Gasteiger charge is -2.44. The van der Waals surface area contributed by atoms with Crippen LogP contribution in [0.5, 0.6) is 0 Å². The van der Waals surface area contributed by atoms with Crippen molar-refractivity contribution in [1.29, 1.82) is 0 Å². The van der Waals surface area contributed by atoms with Crippen molar-refractivity contribution in [3.8, 4) is 0 Å². The number of aryl methyl sites for hydroxylation is 2. The van der Waals surface area contributed by atoms with Gasteiger partial charge in [0.2, 0.25) is 15.9 Å². The van der Waals surface area contributed by atoms with E-state index in [0.29, 0.717) is 24.3 Å². The van der Waals surface area contributed by atoms with Crippen LogP contribution in [0, 0.1) is 19.8 Å². The van der Waals surface area contributed by atoms with Crippen LogP contribution >= 0.6 is 0 Å². The van der Waals surface area contributed by atoms with Crippen LogP contribution in [-0.2, 0) is 14.8 Å². The molecule has 1 amide bonds. The summed E-state index contributed by atoms with van der Waals surface area (Å²) in [5, 5.41) is 3.74. The maximum absolute atomic E-state index is 12.9. The van der Waals surface area contributed by atoms with E-state index in [0.717, 1.165) is 45.1 Å². The zero-order valence-electron chi connectivity index (χ0n) is 17.4. The van der Waals surface area contributed by atoms with Gasteiger partial charge < -0.3 is 9.42 Å². The summed E-state index contributed by atoms with van der Waals surface area (Å²) in [7, 11) is -3.65. The molecule has 0 atom stereocenters. The maximum Gasteiger partial charge on any atom is 0.246 e. The first-order valence-electron chi connectivity index (χ1n) is 10.8. The lowest BCUT2D eigenvalue weighted by molar-refractivity contribution is -0.139. The Morgan fingerprint density at radius 2 is 1.69 bits per heavy atom. The lowest BCUT2D eigenvalue weighted by Crippen LogP contribution is -2.54. The Morgan fingerprint density at radius 1 is 1.03 bits per heavy atom. The van der Waals surface area contributed by atoms with Gasteiger partial charge in [-0.15, -0.1) is 0 Å². The molecule has 1 aliphatic heterocycles. The van der Waals surface area contributed by atoms with Gasteiger partial charge in [-0.25, -0.2) is 13.1 Å². The van der Waals surface area contributed by atoms with E-state index in [4.69, 9.17) is 4.52 Å². The van der Waals surface area contributed by atoms with E-state index in [1.807, 2.05) is 4.90 Å². The fraction of sp³-hybridized carbons (Fsp3) is 0.800. The molecule has 162 valence electrons. The number of carbonyl (C=O) groups is 1. The van der Waals surface area contributed by atoms with Gasteiger partial charge in [0.25, 0.3) is 0 Å². The smallest absolute Gasteiger partial charge is 0.246 e. The number of rotatable bonds is 5. The first kappa shape index (κ1) is 20.8. The van der Waals surface area contributed by atoms with Crippen molar-refractivity contribution >= 4 is 15.9 Å². The van der Waals surface area contributed by atoms with E-state index < -0.39 is 10.0 Å². The fourth-order valence-electron chi connectivity index (χ4n) is 4.91. The third-order valence-corrected chi connectivity index (χ3v) is 8.62. The van der Waals surface area contributed by atoms with Gasteiger partial charge in [0.05, 0.1) is 0 Å².